The lowest BCUT2D eigenvalue weighted by Gasteiger charge is -2.12. The molecule has 1 rings (SSSR count). The summed E-state index contributed by atoms with van der Waals surface area (Å²) in [5, 5.41) is 3.95. The van der Waals surface area contributed by atoms with E-state index in [2.05, 4.69) is 52.4 Å². The van der Waals surface area contributed by atoms with E-state index in [-0.39, 0.29) is 0 Å². The van der Waals surface area contributed by atoms with E-state index in [4.69, 9.17) is 0 Å². The third-order valence-electron chi connectivity index (χ3n) is 2.00. The van der Waals surface area contributed by atoms with Crippen LogP contribution in [-0.2, 0) is 0 Å². The molecule has 1 heterocycles. The third kappa shape index (κ3) is 3.50. The zero-order valence-electron chi connectivity index (χ0n) is 8.67. The Hall–Kier alpha value is -0.220. The fourth-order valence-corrected chi connectivity index (χ4v) is 1.75. The quantitative estimate of drug-likeness (QED) is 0.912. The second-order valence-corrected chi connectivity index (χ2v) is 5.44. The lowest BCUT2D eigenvalue weighted by atomic mass is 10.3. The van der Waals surface area contributed by atoms with Gasteiger partial charge in [0.05, 0.1) is 0 Å². The first-order chi connectivity index (χ1) is 6.63. The number of pyridine rings is 1. The van der Waals surface area contributed by atoms with Crippen LogP contribution >= 0.6 is 27.7 Å². The van der Waals surface area contributed by atoms with Crippen LogP contribution in [0.2, 0.25) is 0 Å². The van der Waals surface area contributed by atoms with Gasteiger partial charge in [0.2, 0.25) is 0 Å². The van der Waals surface area contributed by atoms with Crippen molar-refractivity contribution >= 4 is 33.5 Å². The van der Waals surface area contributed by atoms with Gasteiger partial charge in [-0.2, -0.15) is 11.8 Å². The van der Waals surface area contributed by atoms with E-state index in [0.29, 0.717) is 5.25 Å². The van der Waals surface area contributed by atoms with E-state index in [1.54, 1.807) is 0 Å². The summed E-state index contributed by atoms with van der Waals surface area (Å²) in [5.41, 5.74) is 1.17. The van der Waals surface area contributed by atoms with Gasteiger partial charge in [-0.25, -0.2) is 4.98 Å². The Morgan fingerprint density at radius 3 is 2.93 bits per heavy atom. The maximum absolute atomic E-state index is 4.32. The summed E-state index contributed by atoms with van der Waals surface area (Å²) < 4.78 is 1.03. The maximum Gasteiger partial charge on any atom is 0.128 e. The molecule has 0 saturated carbocycles. The molecule has 1 aromatic rings. The zero-order chi connectivity index (χ0) is 10.6. The van der Waals surface area contributed by atoms with E-state index < -0.39 is 0 Å². The Morgan fingerprint density at radius 1 is 1.64 bits per heavy atom. The largest absolute Gasteiger partial charge is 0.369 e. The van der Waals surface area contributed by atoms with Crippen molar-refractivity contribution in [1.29, 1.82) is 0 Å². The molecule has 0 aromatic carbocycles. The highest BCUT2D eigenvalue weighted by Gasteiger charge is 2.02. The van der Waals surface area contributed by atoms with Gasteiger partial charge in [-0.3, -0.25) is 0 Å². The summed E-state index contributed by atoms with van der Waals surface area (Å²) >= 11 is 5.25. The standard InChI is InChI=1S/C10H15BrN2S/c1-7-4-9(11)6-13-10(7)12-5-8(2)14-3/h4,6,8H,5H2,1-3H3,(H,12,13). The SMILES string of the molecule is CSC(C)CNc1ncc(Br)cc1C. The Kier molecular flexibility index (Phi) is 4.75. The molecule has 2 nitrogen and oxygen atoms in total. The predicted molar refractivity (Wildman–Crippen MR) is 68.1 cm³/mol. The van der Waals surface area contributed by atoms with E-state index in [0.717, 1.165) is 16.8 Å². The summed E-state index contributed by atoms with van der Waals surface area (Å²) in [6, 6.07) is 2.07. The van der Waals surface area contributed by atoms with Crippen molar-refractivity contribution in [1.82, 2.24) is 4.98 Å². The monoisotopic (exact) mass is 274 g/mol. The van der Waals surface area contributed by atoms with Crippen molar-refractivity contribution in [3.63, 3.8) is 0 Å². The van der Waals surface area contributed by atoms with Gasteiger partial charge in [0.25, 0.3) is 0 Å². The van der Waals surface area contributed by atoms with Crippen molar-refractivity contribution < 1.29 is 0 Å². The second kappa shape index (κ2) is 5.61. The molecule has 1 aromatic heterocycles. The first kappa shape index (κ1) is 11.9. The van der Waals surface area contributed by atoms with Gasteiger partial charge in [-0.05, 0) is 40.7 Å². The molecule has 1 N–H and O–H groups in total. The summed E-state index contributed by atoms with van der Waals surface area (Å²) in [6.45, 7) is 5.21. The van der Waals surface area contributed by atoms with Gasteiger partial charge in [0, 0.05) is 22.5 Å². The van der Waals surface area contributed by atoms with Crippen LogP contribution in [0, 0.1) is 6.92 Å². The number of nitrogens with zero attached hydrogens (tertiary/aromatic N) is 1. The van der Waals surface area contributed by atoms with Crippen LogP contribution in [-0.4, -0.2) is 23.0 Å². The second-order valence-electron chi connectivity index (χ2n) is 3.25. The number of aromatic nitrogens is 1. The number of aryl methyl sites for hydroxylation is 1. The fourth-order valence-electron chi connectivity index (χ4n) is 1.05. The molecule has 78 valence electrons. The van der Waals surface area contributed by atoms with E-state index in [1.165, 1.54) is 5.56 Å². The van der Waals surface area contributed by atoms with Crippen molar-refractivity contribution in [3.05, 3.63) is 22.3 Å². The molecule has 4 heteroatoms. The molecule has 0 aliphatic rings. The Balaban J connectivity index is 2.59. The van der Waals surface area contributed by atoms with Gasteiger partial charge in [0.1, 0.15) is 5.82 Å². The predicted octanol–water partition coefficient (Wildman–Crippen LogP) is 3.32. The Morgan fingerprint density at radius 2 is 2.36 bits per heavy atom. The normalized spacial score (nSPS) is 12.6. The first-order valence-corrected chi connectivity index (χ1v) is 6.60. The van der Waals surface area contributed by atoms with Crippen LogP contribution in [0.15, 0.2) is 16.7 Å². The minimum absolute atomic E-state index is 0.611. The zero-order valence-corrected chi connectivity index (χ0v) is 11.1. The summed E-state index contributed by atoms with van der Waals surface area (Å²) in [5.74, 6) is 0.981. The van der Waals surface area contributed by atoms with Gasteiger partial charge >= 0.3 is 0 Å². The molecule has 0 radical (unpaired) electrons. The number of halogens is 1. The number of anilines is 1. The maximum atomic E-state index is 4.32. The van der Waals surface area contributed by atoms with E-state index in [1.807, 2.05) is 18.0 Å². The van der Waals surface area contributed by atoms with Crippen LogP contribution in [0.1, 0.15) is 12.5 Å². The molecule has 0 bridgehead atoms. The van der Waals surface area contributed by atoms with Crippen LogP contribution in [0.25, 0.3) is 0 Å². The van der Waals surface area contributed by atoms with Gasteiger partial charge in [-0.15, -0.1) is 0 Å². The lowest BCUT2D eigenvalue weighted by Crippen LogP contribution is -2.14. The van der Waals surface area contributed by atoms with E-state index in [9.17, 15) is 0 Å². The molecule has 14 heavy (non-hydrogen) atoms. The lowest BCUT2D eigenvalue weighted by molar-refractivity contribution is 0.986. The van der Waals surface area contributed by atoms with Crippen molar-refractivity contribution in [2.75, 3.05) is 18.1 Å². The highest BCUT2D eigenvalue weighted by Crippen LogP contribution is 2.17. The number of rotatable bonds is 4. The topological polar surface area (TPSA) is 24.9 Å². The first-order valence-electron chi connectivity index (χ1n) is 4.52. The molecule has 1 unspecified atom stereocenters. The molecule has 0 saturated heterocycles. The molecule has 0 fully saturated rings. The molecular formula is C10H15BrN2S. The molecule has 0 aliphatic heterocycles. The average molecular weight is 275 g/mol. The molecule has 0 amide bonds. The van der Waals surface area contributed by atoms with Crippen LogP contribution < -0.4 is 5.32 Å². The van der Waals surface area contributed by atoms with E-state index >= 15 is 0 Å². The smallest absolute Gasteiger partial charge is 0.128 e. The highest BCUT2D eigenvalue weighted by atomic mass is 79.9. The van der Waals surface area contributed by atoms with Gasteiger partial charge < -0.3 is 5.32 Å². The fraction of sp³-hybridized carbons (Fsp3) is 0.500. The van der Waals surface area contributed by atoms with Gasteiger partial charge in [-0.1, -0.05) is 6.92 Å². The van der Waals surface area contributed by atoms with Crippen LogP contribution in [0.3, 0.4) is 0 Å². The summed E-state index contributed by atoms with van der Waals surface area (Å²) in [6.07, 6.45) is 3.94. The molecule has 1 atom stereocenters. The number of nitrogens with one attached hydrogen (secondary N) is 1. The van der Waals surface area contributed by atoms with Gasteiger partial charge in [0.15, 0.2) is 0 Å². The highest BCUT2D eigenvalue weighted by molar-refractivity contribution is 9.10. The molecule has 0 aliphatic carbocycles. The van der Waals surface area contributed by atoms with Crippen LogP contribution in [0.4, 0.5) is 5.82 Å². The van der Waals surface area contributed by atoms with Crippen molar-refractivity contribution in [2.45, 2.75) is 19.1 Å². The molecular weight excluding hydrogens is 260 g/mol. The Labute approximate surface area is 98.0 Å². The van der Waals surface area contributed by atoms with Crippen molar-refractivity contribution in [3.8, 4) is 0 Å². The minimum atomic E-state index is 0.611. The Bertz CT molecular complexity index is 304. The summed E-state index contributed by atoms with van der Waals surface area (Å²) in [4.78, 5) is 4.32. The van der Waals surface area contributed by atoms with Crippen molar-refractivity contribution in [2.24, 2.45) is 0 Å². The molecule has 0 spiro atoms. The number of hydrogen-bond donors (Lipinski definition) is 1. The third-order valence-corrected chi connectivity index (χ3v) is 3.41. The number of hydrogen-bond acceptors (Lipinski definition) is 3. The van der Waals surface area contributed by atoms with Crippen LogP contribution in [0.5, 0.6) is 0 Å². The summed E-state index contributed by atoms with van der Waals surface area (Å²) in [7, 11) is 0. The minimum Gasteiger partial charge on any atom is -0.369 e. The average Bonchev–Trinajstić information content (AvgIpc) is 2.16. The number of thioether (sulfide) groups is 1.